The van der Waals surface area contributed by atoms with E-state index in [2.05, 4.69) is 15.5 Å². The molecular weight excluding hydrogens is 228 g/mol. The number of hydrogen-bond donors (Lipinski definition) is 1. The summed E-state index contributed by atoms with van der Waals surface area (Å²) in [6, 6.07) is 7.89. The molecule has 1 aromatic carbocycles. The summed E-state index contributed by atoms with van der Waals surface area (Å²) in [5.41, 5.74) is 1.04. The minimum absolute atomic E-state index is 0.658. The molecule has 0 amide bonds. The number of nitrogens with one attached hydrogen (secondary N) is 1. The summed E-state index contributed by atoms with van der Waals surface area (Å²) in [4.78, 5) is 0. The molecule has 0 atom stereocenters. The van der Waals surface area contributed by atoms with Crippen LogP contribution in [-0.2, 0) is 13.6 Å². The topological polar surface area (TPSA) is 52.0 Å². The highest BCUT2D eigenvalue weighted by atomic mass is 16.5. The Hall–Kier alpha value is -2.04. The van der Waals surface area contributed by atoms with Crippen LogP contribution in [0.1, 0.15) is 18.6 Å². The van der Waals surface area contributed by atoms with Crippen LogP contribution in [0.2, 0.25) is 0 Å². The smallest absolute Gasteiger partial charge is 0.152 e. The predicted octanol–water partition coefficient (Wildman–Crippen LogP) is 2.13. The van der Waals surface area contributed by atoms with E-state index in [-0.39, 0.29) is 0 Å². The van der Waals surface area contributed by atoms with Gasteiger partial charge in [0.25, 0.3) is 0 Å². The van der Waals surface area contributed by atoms with Crippen LogP contribution in [0.25, 0.3) is 0 Å². The molecule has 0 fully saturated rings. The van der Waals surface area contributed by atoms with Gasteiger partial charge in [0.2, 0.25) is 0 Å². The van der Waals surface area contributed by atoms with Gasteiger partial charge in [0, 0.05) is 12.7 Å². The molecule has 0 unspecified atom stereocenters. The first-order valence-electron chi connectivity index (χ1n) is 6.02. The summed E-state index contributed by atoms with van der Waals surface area (Å²) in [6.45, 7) is 5.26. The number of rotatable bonds is 5. The Bertz CT molecular complexity index is 504. The molecule has 0 radical (unpaired) electrons. The first-order valence-corrected chi connectivity index (χ1v) is 6.02. The van der Waals surface area contributed by atoms with Gasteiger partial charge < -0.3 is 14.6 Å². The number of nitrogens with zero attached hydrogens (tertiary/aromatic N) is 3. The maximum Gasteiger partial charge on any atom is 0.152 e. The van der Waals surface area contributed by atoms with Crippen molar-refractivity contribution in [1.82, 2.24) is 14.8 Å². The fourth-order valence-corrected chi connectivity index (χ4v) is 1.62. The molecule has 0 spiro atoms. The molecule has 18 heavy (non-hydrogen) atoms. The Morgan fingerprint density at radius 1 is 1.22 bits per heavy atom. The van der Waals surface area contributed by atoms with E-state index in [0.717, 1.165) is 23.1 Å². The molecule has 5 heteroatoms. The Morgan fingerprint density at radius 2 is 1.94 bits per heavy atom. The van der Waals surface area contributed by atoms with Gasteiger partial charge in [-0.2, -0.15) is 0 Å². The van der Waals surface area contributed by atoms with Crippen LogP contribution in [0.15, 0.2) is 24.3 Å². The van der Waals surface area contributed by atoms with Crippen LogP contribution < -0.4 is 10.1 Å². The Balaban J connectivity index is 1.96. The van der Waals surface area contributed by atoms with Crippen LogP contribution >= 0.6 is 0 Å². The van der Waals surface area contributed by atoms with Crippen molar-refractivity contribution in [3.05, 3.63) is 35.9 Å². The Kier molecular flexibility index (Phi) is 3.82. The standard InChI is InChI=1S/C13H18N4O/c1-4-18-12-7-5-11(6-8-12)14-9-13-16-15-10(2)17(13)3/h5-8,14H,4,9H2,1-3H3. The molecule has 2 aromatic rings. The molecule has 0 bridgehead atoms. The molecule has 0 saturated heterocycles. The predicted molar refractivity (Wildman–Crippen MR) is 70.7 cm³/mol. The quantitative estimate of drug-likeness (QED) is 0.878. The Labute approximate surface area is 107 Å². The molecule has 5 nitrogen and oxygen atoms in total. The lowest BCUT2D eigenvalue weighted by atomic mass is 10.3. The summed E-state index contributed by atoms with van der Waals surface area (Å²) < 4.78 is 7.37. The average Bonchev–Trinajstić information content (AvgIpc) is 2.70. The van der Waals surface area contributed by atoms with E-state index >= 15 is 0 Å². The molecule has 96 valence electrons. The van der Waals surface area contributed by atoms with Gasteiger partial charge in [0.15, 0.2) is 5.82 Å². The maximum atomic E-state index is 5.39. The largest absolute Gasteiger partial charge is 0.494 e. The minimum Gasteiger partial charge on any atom is -0.494 e. The lowest BCUT2D eigenvalue weighted by molar-refractivity contribution is 0.340. The minimum atomic E-state index is 0.658. The molecule has 0 aliphatic carbocycles. The van der Waals surface area contributed by atoms with Gasteiger partial charge in [-0.05, 0) is 38.1 Å². The van der Waals surface area contributed by atoms with Gasteiger partial charge in [-0.25, -0.2) is 0 Å². The van der Waals surface area contributed by atoms with Crippen molar-refractivity contribution in [2.45, 2.75) is 20.4 Å². The summed E-state index contributed by atoms with van der Waals surface area (Å²) in [5.74, 6) is 2.72. The van der Waals surface area contributed by atoms with Crippen molar-refractivity contribution in [3.63, 3.8) is 0 Å². The number of aryl methyl sites for hydroxylation is 1. The van der Waals surface area contributed by atoms with E-state index < -0.39 is 0 Å². The second-order valence-electron chi connectivity index (χ2n) is 4.03. The zero-order chi connectivity index (χ0) is 13.0. The molecule has 2 rings (SSSR count). The number of anilines is 1. The molecule has 0 aliphatic rings. The van der Waals surface area contributed by atoms with Crippen LogP contribution in [0.4, 0.5) is 5.69 Å². The SMILES string of the molecule is CCOc1ccc(NCc2nnc(C)n2C)cc1. The second kappa shape index (κ2) is 5.53. The van der Waals surface area contributed by atoms with Crippen molar-refractivity contribution >= 4 is 5.69 Å². The highest BCUT2D eigenvalue weighted by molar-refractivity contribution is 5.46. The molecular formula is C13H18N4O. The van der Waals surface area contributed by atoms with Crippen molar-refractivity contribution in [3.8, 4) is 5.75 Å². The first-order chi connectivity index (χ1) is 8.70. The van der Waals surface area contributed by atoms with Crippen LogP contribution in [0.3, 0.4) is 0 Å². The number of benzene rings is 1. The fourth-order valence-electron chi connectivity index (χ4n) is 1.62. The normalized spacial score (nSPS) is 10.4. The Morgan fingerprint density at radius 3 is 2.50 bits per heavy atom. The van der Waals surface area contributed by atoms with E-state index in [1.54, 1.807) is 0 Å². The van der Waals surface area contributed by atoms with Crippen LogP contribution in [0.5, 0.6) is 5.75 Å². The highest BCUT2D eigenvalue weighted by Gasteiger charge is 2.04. The second-order valence-corrected chi connectivity index (χ2v) is 4.03. The zero-order valence-electron chi connectivity index (χ0n) is 11.0. The fraction of sp³-hybridized carbons (Fsp3) is 0.385. The van der Waals surface area contributed by atoms with E-state index in [4.69, 9.17) is 4.74 Å². The van der Waals surface area contributed by atoms with E-state index in [9.17, 15) is 0 Å². The third kappa shape index (κ3) is 2.80. The molecule has 1 N–H and O–H groups in total. The number of hydrogen-bond acceptors (Lipinski definition) is 4. The van der Waals surface area contributed by atoms with Gasteiger partial charge in [0.1, 0.15) is 11.6 Å². The van der Waals surface area contributed by atoms with Crippen LogP contribution in [-0.4, -0.2) is 21.4 Å². The highest BCUT2D eigenvalue weighted by Crippen LogP contribution is 2.16. The zero-order valence-corrected chi connectivity index (χ0v) is 11.0. The van der Waals surface area contributed by atoms with E-state index in [0.29, 0.717) is 13.2 Å². The summed E-state index contributed by atoms with van der Waals surface area (Å²) in [6.07, 6.45) is 0. The third-order valence-electron chi connectivity index (χ3n) is 2.80. The van der Waals surface area contributed by atoms with Gasteiger partial charge in [-0.3, -0.25) is 0 Å². The van der Waals surface area contributed by atoms with Crippen molar-refractivity contribution < 1.29 is 4.74 Å². The molecule has 0 aliphatic heterocycles. The van der Waals surface area contributed by atoms with Gasteiger partial charge in [-0.1, -0.05) is 0 Å². The average molecular weight is 246 g/mol. The first kappa shape index (κ1) is 12.4. The molecule has 1 aromatic heterocycles. The van der Waals surface area contributed by atoms with Crippen LogP contribution in [0, 0.1) is 6.92 Å². The van der Waals surface area contributed by atoms with Crippen molar-refractivity contribution in [2.75, 3.05) is 11.9 Å². The van der Waals surface area contributed by atoms with Gasteiger partial charge in [0.05, 0.1) is 13.2 Å². The molecule has 0 saturated carbocycles. The lowest BCUT2D eigenvalue weighted by Gasteiger charge is -2.07. The van der Waals surface area contributed by atoms with Crippen molar-refractivity contribution in [2.24, 2.45) is 7.05 Å². The van der Waals surface area contributed by atoms with Gasteiger partial charge in [-0.15, -0.1) is 10.2 Å². The lowest BCUT2D eigenvalue weighted by Crippen LogP contribution is -2.06. The summed E-state index contributed by atoms with van der Waals surface area (Å²) in [5, 5.41) is 11.4. The monoisotopic (exact) mass is 246 g/mol. The number of ether oxygens (including phenoxy) is 1. The molecule has 1 heterocycles. The third-order valence-corrected chi connectivity index (χ3v) is 2.80. The number of aromatic nitrogens is 3. The van der Waals surface area contributed by atoms with Gasteiger partial charge >= 0.3 is 0 Å². The van der Waals surface area contributed by atoms with E-state index in [1.807, 2.05) is 49.7 Å². The van der Waals surface area contributed by atoms with E-state index in [1.165, 1.54) is 0 Å². The van der Waals surface area contributed by atoms with Crippen molar-refractivity contribution in [1.29, 1.82) is 0 Å². The summed E-state index contributed by atoms with van der Waals surface area (Å²) in [7, 11) is 1.96. The maximum absolute atomic E-state index is 5.39. The summed E-state index contributed by atoms with van der Waals surface area (Å²) >= 11 is 0.